The van der Waals surface area contributed by atoms with Gasteiger partial charge < -0.3 is 10.5 Å². The van der Waals surface area contributed by atoms with Crippen molar-refractivity contribution in [3.8, 4) is 0 Å². The molecule has 1 atom stereocenters. The van der Waals surface area contributed by atoms with Crippen LogP contribution in [0.1, 0.15) is 0 Å². The highest BCUT2D eigenvalue weighted by molar-refractivity contribution is 4.72. The fraction of sp³-hybridized carbons (Fsp3) is 0.500. The van der Waals surface area contributed by atoms with Gasteiger partial charge in [-0.05, 0) is 6.08 Å². The Labute approximate surface area is 37.6 Å². The Kier molecular flexibility index (Phi) is 2.71. The van der Waals surface area contributed by atoms with Crippen molar-refractivity contribution in [2.75, 3.05) is 7.11 Å². The summed E-state index contributed by atoms with van der Waals surface area (Å²) in [5, 5.41) is 0. The van der Waals surface area contributed by atoms with Crippen LogP contribution in [-0.4, -0.2) is 13.3 Å². The van der Waals surface area contributed by atoms with Crippen molar-refractivity contribution in [1.29, 1.82) is 0 Å². The van der Waals surface area contributed by atoms with E-state index in [1.165, 1.54) is 13.2 Å². The van der Waals surface area contributed by atoms with Crippen LogP contribution in [0.25, 0.3) is 0 Å². The van der Waals surface area contributed by atoms with Gasteiger partial charge in [-0.3, -0.25) is 0 Å². The number of methoxy groups -OCH3 is 1. The molecule has 2 N–H and O–H groups in total. The van der Waals surface area contributed by atoms with Crippen LogP contribution in [0.4, 0.5) is 0 Å². The second kappa shape index (κ2) is 2.87. The molecule has 0 rings (SSSR count). The van der Waals surface area contributed by atoms with E-state index in [1.54, 1.807) is 0 Å². The van der Waals surface area contributed by atoms with Gasteiger partial charge >= 0.3 is 0 Å². The maximum Gasteiger partial charge on any atom is 0.124 e. The second-order valence-electron chi connectivity index (χ2n) is 0.936. The molecule has 2 heteroatoms. The monoisotopic (exact) mass is 87.1 g/mol. The van der Waals surface area contributed by atoms with Gasteiger partial charge in [-0.15, -0.1) is 0 Å². The summed E-state index contributed by atoms with van der Waals surface area (Å²) in [6.07, 6.45) is 1.23. The number of rotatable bonds is 2. The molecular weight excluding hydrogens is 78.0 g/mol. The van der Waals surface area contributed by atoms with Gasteiger partial charge in [0.2, 0.25) is 0 Å². The van der Waals surface area contributed by atoms with Crippen LogP contribution in [0.2, 0.25) is 0 Å². The van der Waals surface area contributed by atoms with Gasteiger partial charge in [0.1, 0.15) is 6.23 Å². The van der Waals surface area contributed by atoms with E-state index in [4.69, 9.17) is 5.73 Å². The molecule has 0 heterocycles. The summed E-state index contributed by atoms with van der Waals surface area (Å²) in [6.45, 7) is 3.38. The van der Waals surface area contributed by atoms with Gasteiger partial charge in [0, 0.05) is 7.11 Å². The smallest absolute Gasteiger partial charge is 0.124 e. The number of hydrogen-bond donors (Lipinski definition) is 1. The van der Waals surface area contributed by atoms with Crippen molar-refractivity contribution >= 4 is 0 Å². The van der Waals surface area contributed by atoms with Gasteiger partial charge in [-0.25, -0.2) is 0 Å². The molecule has 6 heavy (non-hydrogen) atoms. The van der Waals surface area contributed by atoms with Crippen LogP contribution in [0.5, 0.6) is 0 Å². The lowest BCUT2D eigenvalue weighted by Crippen LogP contribution is -2.17. The van der Waals surface area contributed by atoms with E-state index >= 15 is 0 Å². The summed E-state index contributed by atoms with van der Waals surface area (Å²) in [6, 6.07) is 0. The van der Waals surface area contributed by atoms with Gasteiger partial charge in [0.05, 0.1) is 0 Å². The molecule has 0 saturated heterocycles. The average molecular weight is 87.1 g/mol. The normalized spacial score (nSPS) is 13.7. The Morgan fingerprint density at radius 1 is 2.00 bits per heavy atom. The largest absolute Gasteiger partial charge is 0.363 e. The molecule has 0 amide bonds. The van der Waals surface area contributed by atoms with Crippen molar-refractivity contribution in [3.05, 3.63) is 12.7 Å². The molecule has 0 aromatic rings. The highest BCUT2D eigenvalue weighted by Gasteiger charge is 1.83. The number of ether oxygens (including phenoxy) is 1. The third-order valence-corrected chi connectivity index (χ3v) is 0.504. The zero-order valence-electron chi connectivity index (χ0n) is 3.85. The van der Waals surface area contributed by atoms with Crippen LogP contribution in [-0.2, 0) is 4.74 Å². The zero-order valence-corrected chi connectivity index (χ0v) is 3.85. The lowest BCUT2D eigenvalue weighted by molar-refractivity contribution is 0.147. The minimum Gasteiger partial charge on any atom is -0.363 e. The third kappa shape index (κ3) is 1.93. The van der Waals surface area contributed by atoms with Crippen molar-refractivity contribution < 1.29 is 4.74 Å². The summed E-state index contributed by atoms with van der Waals surface area (Å²) < 4.78 is 4.56. The first-order valence-electron chi connectivity index (χ1n) is 1.72. The minimum absolute atomic E-state index is 0.301. The van der Waals surface area contributed by atoms with Gasteiger partial charge in [0.25, 0.3) is 0 Å². The first-order chi connectivity index (χ1) is 2.81. The van der Waals surface area contributed by atoms with E-state index < -0.39 is 0 Å². The Hall–Kier alpha value is -0.340. The zero-order chi connectivity index (χ0) is 4.99. The van der Waals surface area contributed by atoms with Crippen molar-refractivity contribution in [2.24, 2.45) is 5.73 Å². The molecule has 0 radical (unpaired) electrons. The van der Waals surface area contributed by atoms with E-state index in [9.17, 15) is 0 Å². The summed E-state index contributed by atoms with van der Waals surface area (Å²) in [4.78, 5) is 0. The molecule has 0 saturated carbocycles. The molecule has 0 fully saturated rings. The van der Waals surface area contributed by atoms with E-state index in [0.29, 0.717) is 0 Å². The standard InChI is InChI=1S/C4H9NO/c1-3-4(5)6-2/h3-4H,1,5H2,2H3/t4-/m0/s1. The maximum atomic E-state index is 5.13. The third-order valence-electron chi connectivity index (χ3n) is 0.504. The average Bonchev–Trinajstić information content (AvgIpc) is 1.65. The second-order valence-corrected chi connectivity index (χ2v) is 0.936. The highest BCUT2D eigenvalue weighted by atomic mass is 16.5. The molecule has 0 aromatic heterocycles. The van der Waals surface area contributed by atoms with Crippen molar-refractivity contribution in [1.82, 2.24) is 0 Å². The predicted molar refractivity (Wildman–Crippen MR) is 25.2 cm³/mol. The first kappa shape index (κ1) is 5.66. The van der Waals surface area contributed by atoms with Crippen LogP contribution < -0.4 is 5.73 Å². The van der Waals surface area contributed by atoms with Crippen molar-refractivity contribution in [3.63, 3.8) is 0 Å². The minimum atomic E-state index is -0.301. The quantitative estimate of drug-likeness (QED) is 0.383. The van der Waals surface area contributed by atoms with Crippen LogP contribution in [0.3, 0.4) is 0 Å². The Morgan fingerprint density at radius 2 is 2.50 bits per heavy atom. The van der Waals surface area contributed by atoms with E-state index in [0.717, 1.165) is 0 Å². The molecule has 0 aromatic carbocycles. The lowest BCUT2D eigenvalue weighted by Gasteiger charge is -1.97. The number of nitrogens with two attached hydrogens (primary N) is 1. The maximum absolute atomic E-state index is 5.13. The molecule has 0 aliphatic heterocycles. The molecule has 0 spiro atoms. The van der Waals surface area contributed by atoms with Crippen molar-refractivity contribution in [2.45, 2.75) is 6.23 Å². The lowest BCUT2D eigenvalue weighted by atomic mass is 10.6. The van der Waals surface area contributed by atoms with Gasteiger partial charge in [0.15, 0.2) is 0 Å². The summed E-state index contributed by atoms with van der Waals surface area (Å²) in [5.74, 6) is 0. The molecule has 0 unspecified atom stereocenters. The molecule has 0 aliphatic rings. The highest BCUT2D eigenvalue weighted by Crippen LogP contribution is 1.73. The fourth-order valence-electron chi connectivity index (χ4n) is 0.0962. The SMILES string of the molecule is C=C[C@@H](N)OC. The fourth-order valence-corrected chi connectivity index (χ4v) is 0.0962. The molecule has 0 aliphatic carbocycles. The van der Waals surface area contributed by atoms with Gasteiger partial charge in [-0.1, -0.05) is 6.58 Å². The van der Waals surface area contributed by atoms with Crippen LogP contribution >= 0.6 is 0 Å². The van der Waals surface area contributed by atoms with Crippen LogP contribution in [0, 0.1) is 0 Å². The summed E-state index contributed by atoms with van der Waals surface area (Å²) in [5.41, 5.74) is 5.13. The molecular formula is C4H9NO. The predicted octanol–water partition coefficient (Wildman–Crippen LogP) is 0.104. The molecule has 2 nitrogen and oxygen atoms in total. The van der Waals surface area contributed by atoms with Gasteiger partial charge in [-0.2, -0.15) is 0 Å². The molecule has 0 bridgehead atoms. The van der Waals surface area contributed by atoms with E-state index in [2.05, 4.69) is 11.3 Å². The Balaban J connectivity index is 2.96. The number of hydrogen-bond acceptors (Lipinski definition) is 2. The first-order valence-corrected chi connectivity index (χ1v) is 1.72. The van der Waals surface area contributed by atoms with E-state index in [1.807, 2.05) is 0 Å². The summed E-state index contributed by atoms with van der Waals surface area (Å²) >= 11 is 0. The summed E-state index contributed by atoms with van der Waals surface area (Å²) in [7, 11) is 1.53. The molecule has 36 valence electrons. The van der Waals surface area contributed by atoms with E-state index in [-0.39, 0.29) is 6.23 Å². The Bertz CT molecular complexity index is 44.8. The topological polar surface area (TPSA) is 35.2 Å². The van der Waals surface area contributed by atoms with Crippen LogP contribution in [0.15, 0.2) is 12.7 Å². The Morgan fingerprint density at radius 3 is 2.50 bits per heavy atom.